The minimum atomic E-state index is -0.401. The van der Waals surface area contributed by atoms with Gasteiger partial charge >= 0.3 is 5.97 Å². The van der Waals surface area contributed by atoms with Gasteiger partial charge in [0.1, 0.15) is 12.2 Å². The molecule has 0 spiro atoms. The second-order valence-electron chi connectivity index (χ2n) is 5.91. The summed E-state index contributed by atoms with van der Waals surface area (Å²) in [6, 6.07) is 14.5. The number of hydrogen-bond acceptors (Lipinski definition) is 7. The highest BCUT2D eigenvalue weighted by molar-refractivity contribution is 7.22. The van der Waals surface area contributed by atoms with E-state index in [2.05, 4.69) is 25.3 Å². The molecule has 4 rings (SSSR count). The Balaban J connectivity index is 1.42. The minimum Gasteiger partial charge on any atom is -0.465 e. The Morgan fingerprint density at radius 1 is 1.14 bits per heavy atom. The molecular formula is C19H15N5O3S. The zero-order valence-corrected chi connectivity index (χ0v) is 15.6. The SMILES string of the molecule is COC(=O)c1ccc(-c2cn(CC(=O)Nc3nc4ccccc4s3)nn2)cc1. The third-order valence-electron chi connectivity index (χ3n) is 3.99. The summed E-state index contributed by atoms with van der Waals surface area (Å²) in [5.74, 6) is -0.640. The van der Waals surface area contributed by atoms with Gasteiger partial charge in [-0.15, -0.1) is 5.10 Å². The first-order valence-corrected chi connectivity index (χ1v) is 9.18. The molecule has 1 amide bonds. The van der Waals surface area contributed by atoms with Crippen LogP contribution in [0.5, 0.6) is 0 Å². The lowest BCUT2D eigenvalue weighted by Crippen LogP contribution is -2.19. The van der Waals surface area contributed by atoms with Crippen LogP contribution in [0.25, 0.3) is 21.5 Å². The van der Waals surface area contributed by atoms with Gasteiger partial charge in [0, 0.05) is 5.56 Å². The molecule has 8 nitrogen and oxygen atoms in total. The lowest BCUT2D eigenvalue weighted by atomic mass is 10.1. The van der Waals surface area contributed by atoms with E-state index in [1.807, 2.05) is 24.3 Å². The molecule has 1 N–H and O–H groups in total. The molecule has 0 radical (unpaired) electrons. The predicted molar refractivity (Wildman–Crippen MR) is 105 cm³/mol. The van der Waals surface area contributed by atoms with Crippen molar-refractivity contribution in [2.24, 2.45) is 0 Å². The summed E-state index contributed by atoms with van der Waals surface area (Å²) in [6.07, 6.45) is 1.67. The van der Waals surface area contributed by atoms with E-state index in [1.165, 1.54) is 23.1 Å². The summed E-state index contributed by atoms with van der Waals surface area (Å²) >= 11 is 1.42. The van der Waals surface area contributed by atoms with Crippen LogP contribution in [0.15, 0.2) is 54.7 Å². The maximum absolute atomic E-state index is 12.3. The highest BCUT2D eigenvalue weighted by atomic mass is 32.1. The fraction of sp³-hybridized carbons (Fsp3) is 0.105. The number of hydrogen-bond donors (Lipinski definition) is 1. The highest BCUT2D eigenvalue weighted by Gasteiger charge is 2.11. The second kappa shape index (κ2) is 7.57. The van der Waals surface area contributed by atoms with Crippen molar-refractivity contribution in [3.63, 3.8) is 0 Å². The number of amides is 1. The van der Waals surface area contributed by atoms with E-state index < -0.39 is 5.97 Å². The fourth-order valence-corrected chi connectivity index (χ4v) is 3.52. The average molecular weight is 393 g/mol. The minimum absolute atomic E-state index is 0.0170. The van der Waals surface area contributed by atoms with Gasteiger partial charge in [-0.1, -0.05) is 40.8 Å². The Kier molecular flexibility index (Phi) is 4.81. The number of esters is 1. The first-order valence-electron chi connectivity index (χ1n) is 8.37. The van der Waals surface area contributed by atoms with Crippen LogP contribution in [-0.2, 0) is 16.1 Å². The number of benzene rings is 2. The molecule has 2 aromatic heterocycles. The number of nitrogens with zero attached hydrogens (tertiary/aromatic N) is 4. The van der Waals surface area contributed by atoms with Gasteiger partial charge in [0.05, 0.1) is 29.1 Å². The van der Waals surface area contributed by atoms with Crippen LogP contribution in [0.2, 0.25) is 0 Å². The molecule has 0 saturated heterocycles. The van der Waals surface area contributed by atoms with Crippen molar-refractivity contribution in [1.82, 2.24) is 20.0 Å². The van der Waals surface area contributed by atoms with Gasteiger partial charge in [0.25, 0.3) is 0 Å². The van der Waals surface area contributed by atoms with Gasteiger partial charge < -0.3 is 10.1 Å². The zero-order valence-electron chi connectivity index (χ0n) is 14.8. The molecule has 140 valence electrons. The van der Waals surface area contributed by atoms with E-state index in [9.17, 15) is 9.59 Å². The topological polar surface area (TPSA) is 99.0 Å². The molecule has 0 aliphatic rings. The van der Waals surface area contributed by atoms with Crippen molar-refractivity contribution < 1.29 is 14.3 Å². The van der Waals surface area contributed by atoms with E-state index in [4.69, 9.17) is 0 Å². The molecule has 0 aliphatic heterocycles. The smallest absolute Gasteiger partial charge is 0.337 e. The van der Waals surface area contributed by atoms with Crippen molar-refractivity contribution in [2.45, 2.75) is 6.54 Å². The summed E-state index contributed by atoms with van der Waals surface area (Å²) in [5.41, 5.74) is 2.68. The number of carbonyl (C=O) groups is 2. The Labute approximate surface area is 163 Å². The van der Waals surface area contributed by atoms with Crippen molar-refractivity contribution >= 4 is 38.6 Å². The number of fused-ring (bicyclic) bond motifs is 1. The van der Waals surface area contributed by atoms with Gasteiger partial charge in [-0.3, -0.25) is 4.79 Å². The molecule has 0 fully saturated rings. The van der Waals surface area contributed by atoms with Gasteiger partial charge in [0.15, 0.2) is 5.13 Å². The number of methoxy groups -OCH3 is 1. The molecule has 28 heavy (non-hydrogen) atoms. The van der Waals surface area contributed by atoms with E-state index in [0.29, 0.717) is 16.4 Å². The number of para-hydroxylation sites is 1. The maximum atomic E-state index is 12.3. The number of carbonyl (C=O) groups excluding carboxylic acids is 2. The van der Waals surface area contributed by atoms with Crippen LogP contribution in [-0.4, -0.2) is 39.0 Å². The van der Waals surface area contributed by atoms with Gasteiger partial charge in [-0.2, -0.15) is 0 Å². The molecule has 0 saturated carbocycles. The average Bonchev–Trinajstić information content (AvgIpc) is 3.33. The molecule has 9 heteroatoms. The Morgan fingerprint density at radius 2 is 1.93 bits per heavy atom. The lowest BCUT2D eigenvalue weighted by Gasteiger charge is -2.01. The first kappa shape index (κ1) is 17.8. The summed E-state index contributed by atoms with van der Waals surface area (Å²) in [6.45, 7) is 0.0170. The van der Waals surface area contributed by atoms with Crippen molar-refractivity contribution in [2.75, 3.05) is 12.4 Å². The summed E-state index contributed by atoms with van der Waals surface area (Å²) in [5, 5.41) is 11.4. The Bertz CT molecular complexity index is 1120. The lowest BCUT2D eigenvalue weighted by molar-refractivity contribution is -0.116. The predicted octanol–water partition coefficient (Wildman–Crippen LogP) is 2.98. The van der Waals surface area contributed by atoms with Crippen molar-refractivity contribution in [3.8, 4) is 11.3 Å². The summed E-state index contributed by atoms with van der Waals surface area (Å²) in [4.78, 5) is 28.1. The summed E-state index contributed by atoms with van der Waals surface area (Å²) in [7, 11) is 1.33. The number of rotatable bonds is 5. The number of thiazole rings is 1. The van der Waals surface area contributed by atoms with Gasteiger partial charge in [-0.05, 0) is 24.3 Å². The molecule has 0 aliphatic carbocycles. The Hall–Kier alpha value is -3.59. The van der Waals surface area contributed by atoms with Gasteiger partial charge in [0.2, 0.25) is 5.91 Å². The summed E-state index contributed by atoms with van der Waals surface area (Å²) < 4.78 is 7.14. The largest absolute Gasteiger partial charge is 0.465 e. The maximum Gasteiger partial charge on any atom is 0.337 e. The van der Waals surface area contributed by atoms with Crippen LogP contribution in [0, 0.1) is 0 Å². The van der Waals surface area contributed by atoms with Crippen molar-refractivity contribution in [1.29, 1.82) is 0 Å². The molecule has 0 unspecified atom stereocenters. The van der Waals surface area contributed by atoms with E-state index in [1.54, 1.807) is 30.5 Å². The first-order chi connectivity index (χ1) is 13.6. The normalized spacial score (nSPS) is 10.8. The van der Waals surface area contributed by atoms with Crippen LogP contribution < -0.4 is 5.32 Å². The van der Waals surface area contributed by atoms with Crippen LogP contribution in [0.1, 0.15) is 10.4 Å². The van der Waals surface area contributed by atoms with Crippen LogP contribution in [0.4, 0.5) is 5.13 Å². The molecular weight excluding hydrogens is 378 g/mol. The fourth-order valence-electron chi connectivity index (χ4n) is 2.63. The second-order valence-corrected chi connectivity index (χ2v) is 6.94. The van der Waals surface area contributed by atoms with Gasteiger partial charge in [-0.25, -0.2) is 14.5 Å². The monoisotopic (exact) mass is 393 g/mol. The molecule has 0 atom stereocenters. The number of anilines is 1. The van der Waals surface area contributed by atoms with E-state index in [0.717, 1.165) is 15.8 Å². The van der Waals surface area contributed by atoms with E-state index >= 15 is 0 Å². The number of nitrogens with one attached hydrogen (secondary N) is 1. The molecule has 2 heterocycles. The third kappa shape index (κ3) is 3.74. The van der Waals surface area contributed by atoms with E-state index in [-0.39, 0.29) is 12.5 Å². The molecule has 0 bridgehead atoms. The number of aromatic nitrogens is 4. The molecule has 4 aromatic rings. The quantitative estimate of drug-likeness (QED) is 0.524. The standard InChI is InChI=1S/C19H15N5O3S/c1-27-18(26)13-8-6-12(7-9-13)15-10-24(23-22-15)11-17(25)21-19-20-14-4-2-3-5-16(14)28-19/h2-10H,11H2,1H3,(H,20,21,25). The van der Waals surface area contributed by atoms with Crippen LogP contribution >= 0.6 is 11.3 Å². The Morgan fingerprint density at radius 3 is 2.68 bits per heavy atom. The number of ether oxygens (including phenoxy) is 1. The highest BCUT2D eigenvalue weighted by Crippen LogP contribution is 2.25. The van der Waals surface area contributed by atoms with Crippen LogP contribution in [0.3, 0.4) is 0 Å². The zero-order chi connectivity index (χ0) is 19.5. The third-order valence-corrected chi connectivity index (χ3v) is 4.94. The van der Waals surface area contributed by atoms with Crippen molar-refractivity contribution in [3.05, 3.63) is 60.3 Å². The molecule has 2 aromatic carbocycles.